The van der Waals surface area contributed by atoms with Crippen LogP contribution in [0.1, 0.15) is 0 Å². The van der Waals surface area contributed by atoms with Crippen molar-refractivity contribution in [2.45, 2.75) is 6.04 Å². The number of aldehydes is 1. The topological polar surface area (TPSA) is 112 Å². The maximum atomic E-state index is 10.5. The van der Waals surface area contributed by atoms with Crippen molar-refractivity contribution in [3.63, 3.8) is 0 Å². The number of rotatable bonds is 5. The van der Waals surface area contributed by atoms with Gasteiger partial charge in [-0.05, 0) is 5.53 Å². The van der Waals surface area contributed by atoms with Gasteiger partial charge in [-0.15, -0.1) is 0 Å². The van der Waals surface area contributed by atoms with Crippen LogP contribution in [0.2, 0.25) is 0 Å². The van der Waals surface area contributed by atoms with E-state index in [0.717, 1.165) is 6.26 Å². The Hall–Kier alpha value is -1.11. The molecule has 0 aliphatic heterocycles. The van der Waals surface area contributed by atoms with Gasteiger partial charge >= 0.3 is 0 Å². The number of azide groups is 1. The van der Waals surface area contributed by atoms with E-state index in [-0.39, 0.29) is 6.54 Å². The second kappa shape index (κ2) is 4.70. The van der Waals surface area contributed by atoms with Crippen LogP contribution in [0.5, 0.6) is 0 Å². The highest BCUT2D eigenvalue weighted by Crippen LogP contribution is 1.86. The molecule has 68 valence electrons. The zero-order valence-electron chi connectivity index (χ0n) is 6.34. The molecule has 0 aromatic carbocycles. The molecule has 0 aromatic heterocycles. The number of hydrogen-bond donors (Lipinski definition) is 1. The van der Waals surface area contributed by atoms with Gasteiger partial charge in [0, 0.05) is 11.5 Å². The van der Waals surface area contributed by atoms with E-state index in [4.69, 9.17) is 5.53 Å². The summed E-state index contributed by atoms with van der Waals surface area (Å²) in [6.45, 7) is -0.202. The second-order valence-corrected chi connectivity index (χ2v) is 3.86. The van der Waals surface area contributed by atoms with Crippen molar-refractivity contribution in [3.05, 3.63) is 10.4 Å². The van der Waals surface area contributed by atoms with Gasteiger partial charge in [0.25, 0.3) is 0 Å². The molecule has 0 radical (unpaired) electrons. The van der Waals surface area contributed by atoms with Gasteiger partial charge in [0.15, 0.2) is 0 Å². The largest absolute Gasteiger partial charge is 0.303 e. The molecule has 0 amide bonds. The van der Waals surface area contributed by atoms with Gasteiger partial charge in [-0.2, -0.15) is 0 Å². The number of nitrogens with zero attached hydrogens (tertiary/aromatic N) is 3. The molecule has 1 N–H and O–H groups in total. The number of hydrogen-bond acceptors (Lipinski definition) is 4. The van der Waals surface area contributed by atoms with Crippen LogP contribution in [0, 0.1) is 0 Å². The van der Waals surface area contributed by atoms with E-state index in [0.29, 0.717) is 6.29 Å². The fourth-order valence-corrected chi connectivity index (χ4v) is 0.893. The van der Waals surface area contributed by atoms with Crippen LogP contribution in [0.25, 0.3) is 10.4 Å². The molecule has 1 atom stereocenters. The van der Waals surface area contributed by atoms with Crippen LogP contribution in [-0.4, -0.2) is 33.5 Å². The maximum Gasteiger partial charge on any atom is 0.208 e. The minimum absolute atomic E-state index is 0.202. The summed E-state index contributed by atoms with van der Waals surface area (Å²) in [4.78, 5) is 12.5. The molecule has 0 bridgehead atoms. The average Bonchev–Trinajstić information content (AvgIpc) is 1.96. The molecule has 0 spiro atoms. The molecular formula is C4H8N4O3S. The van der Waals surface area contributed by atoms with Crippen molar-refractivity contribution < 1.29 is 13.2 Å². The van der Waals surface area contributed by atoms with Gasteiger partial charge < -0.3 is 4.79 Å². The standard InChI is InChI=1S/C4H8N4O3S/c1-12(10,11)6-2-4(3-9)7-8-5/h3-4,6H,2H2,1H3. The Morgan fingerprint density at radius 2 is 2.33 bits per heavy atom. The molecule has 0 aromatic rings. The fourth-order valence-electron chi connectivity index (χ4n) is 0.419. The monoisotopic (exact) mass is 192 g/mol. The summed E-state index contributed by atoms with van der Waals surface area (Å²) >= 11 is 0. The van der Waals surface area contributed by atoms with Crippen LogP contribution < -0.4 is 4.72 Å². The summed E-state index contributed by atoms with van der Waals surface area (Å²) in [5, 5.41) is 3.03. The van der Waals surface area contributed by atoms with Crippen molar-refractivity contribution in [2.75, 3.05) is 12.8 Å². The molecule has 0 aliphatic carbocycles. The van der Waals surface area contributed by atoms with Crippen molar-refractivity contribution in [2.24, 2.45) is 5.11 Å². The lowest BCUT2D eigenvalue weighted by molar-refractivity contribution is -0.108. The summed E-state index contributed by atoms with van der Waals surface area (Å²) in [6.07, 6.45) is 1.32. The molecule has 0 fully saturated rings. The summed E-state index contributed by atoms with van der Waals surface area (Å²) in [5.41, 5.74) is 7.92. The maximum absolute atomic E-state index is 10.5. The molecule has 1 unspecified atom stereocenters. The highest BCUT2D eigenvalue weighted by atomic mass is 32.2. The normalized spacial score (nSPS) is 13.1. The quantitative estimate of drug-likeness (QED) is 0.272. The highest BCUT2D eigenvalue weighted by molar-refractivity contribution is 7.88. The van der Waals surface area contributed by atoms with E-state index < -0.39 is 16.1 Å². The average molecular weight is 192 g/mol. The summed E-state index contributed by atoms with van der Waals surface area (Å²) < 4.78 is 23.0. The molecule has 0 saturated carbocycles. The summed E-state index contributed by atoms with van der Waals surface area (Å²) in [5.74, 6) is 0. The van der Waals surface area contributed by atoms with E-state index >= 15 is 0 Å². The molecule has 8 heteroatoms. The van der Waals surface area contributed by atoms with Crippen molar-refractivity contribution in [1.29, 1.82) is 0 Å². The Balaban J connectivity index is 4.06. The van der Waals surface area contributed by atoms with E-state index in [9.17, 15) is 13.2 Å². The first-order chi connectivity index (χ1) is 5.49. The van der Waals surface area contributed by atoms with Gasteiger partial charge in [-0.1, -0.05) is 5.11 Å². The number of carbonyl (C=O) groups is 1. The zero-order valence-corrected chi connectivity index (χ0v) is 7.15. The predicted molar refractivity (Wildman–Crippen MR) is 41.8 cm³/mol. The Labute approximate surface area is 69.4 Å². The Morgan fingerprint density at radius 3 is 2.67 bits per heavy atom. The Bertz CT molecular complexity index is 291. The third kappa shape index (κ3) is 5.66. The first-order valence-corrected chi connectivity index (χ1v) is 4.83. The number of carbonyl (C=O) groups excluding carboxylic acids is 1. The van der Waals surface area contributed by atoms with E-state index in [1.807, 2.05) is 4.72 Å². The molecule has 0 rings (SSSR count). The van der Waals surface area contributed by atoms with Crippen LogP contribution >= 0.6 is 0 Å². The second-order valence-electron chi connectivity index (χ2n) is 2.03. The van der Waals surface area contributed by atoms with Crippen molar-refractivity contribution in [1.82, 2.24) is 4.72 Å². The van der Waals surface area contributed by atoms with Gasteiger partial charge in [-0.25, -0.2) is 13.1 Å². The number of sulfonamides is 1. The van der Waals surface area contributed by atoms with Crippen LogP contribution in [0.15, 0.2) is 5.11 Å². The smallest absolute Gasteiger partial charge is 0.208 e. The first kappa shape index (κ1) is 10.9. The number of nitrogens with one attached hydrogen (secondary N) is 1. The van der Waals surface area contributed by atoms with Crippen molar-refractivity contribution in [3.8, 4) is 0 Å². The van der Waals surface area contributed by atoms with E-state index in [2.05, 4.69) is 10.0 Å². The van der Waals surface area contributed by atoms with Crippen LogP contribution in [0.4, 0.5) is 0 Å². The van der Waals surface area contributed by atoms with Crippen LogP contribution in [0.3, 0.4) is 0 Å². The SMILES string of the molecule is CS(=O)(=O)NCC(C=O)N=[N+]=[N-]. The van der Waals surface area contributed by atoms with Gasteiger partial charge in [-0.3, -0.25) is 0 Å². The fraction of sp³-hybridized carbons (Fsp3) is 0.750. The van der Waals surface area contributed by atoms with Crippen LogP contribution in [-0.2, 0) is 14.8 Å². The third-order valence-corrected chi connectivity index (χ3v) is 1.60. The van der Waals surface area contributed by atoms with Gasteiger partial charge in [0.2, 0.25) is 10.0 Å². The minimum atomic E-state index is -3.34. The molecule has 12 heavy (non-hydrogen) atoms. The highest BCUT2D eigenvalue weighted by Gasteiger charge is 2.07. The molecule has 0 heterocycles. The summed E-state index contributed by atoms with van der Waals surface area (Å²) in [7, 11) is -3.34. The Kier molecular flexibility index (Phi) is 4.27. The lowest BCUT2D eigenvalue weighted by atomic mass is 10.4. The van der Waals surface area contributed by atoms with E-state index in [1.165, 1.54) is 0 Å². The molecule has 7 nitrogen and oxygen atoms in total. The minimum Gasteiger partial charge on any atom is -0.303 e. The van der Waals surface area contributed by atoms with Gasteiger partial charge in [0.1, 0.15) is 12.3 Å². The molecule has 0 saturated heterocycles. The Morgan fingerprint density at radius 1 is 1.75 bits per heavy atom. The van der Waals surface area contributed by atoms with Crippen molar-refractivity contribution >= 4 is 16.3 Å². The lowest BCUT2D eigenvalue weighted by Gasteiger charge is -2.02. The van der Waals surface area contributed by atoms with Gasteiger partial charge in [0.05, 0.1) is 6.26 Å². The molecular weight excluding hydrogens is 184 g/mol. The first-order valence-electron chi connectivity index (χ1n) is 2.93. The van der Waals surface area contributed by atoms with E-state index in [1.54, 1.807) is 0 Å². The molecule has 0 aliphatic rings. The lowest BCUT2D eigenvalue weighted by Crippen LogP contribution is -2.30. The summed E-state index contributed by atoms with van der Waals surface area (Å²) in [6, 6.07) is -0.982. The predicted octanol–water partition coefficient (Wildman–Crippen LogP) is -0.587. The third-order valence-electron chi connectivity index (χ3n) is 0.912. The zero-order chi connectivity index (χ0) is 9.61.